The first-order chi connectivity index (χ1) is 19.5. The molecule has 218 valence electrons. The van der Waals surface area contributed by atoms with Crippen molar-refractivity contribution >= 4 is 44.0 Å². The van der Waals surface area contributed by atoms with Crippen LogP contribution in [-0.4, -0.2) is 50.3 Å². The van der Waals surface area contributed by atoms with E-state index in [4.69, 9.17) is 9.15 Å². The van der Waals surface area contributed by atoms with Crippen LogP contribution in [0.4, 0.5) is 4.79 Å². The van der Waals surface area contributed by atoms with Crippen LogP contribution in [0.3, 0.4) is 0 Å². The first-order valence-electron chi connectivity index (χ1n) is 13.4. The van der Waals surface area contributed by atoms with Gasteiger partial charge in [-0.25, -0.2) is 17.9 Å². The molecule has 11 heteroatoms. The summed E-state index contributed by atoms with van der Waals surface area (Å²) in [7, 11) is -4.00. The molecule has 1 aromatic heterocycles. The molecule has 0 aliphatic carbocycles. The van der Waals surface area contributed by atoms with Gasteiger partial charge in [0.25, 0.3) is 0 Å². The number of carbonyl (C=O) groups excluding carboxylic acids is 2. The third-order valence-corrected chi connectivity index (χ3v) is 8.15. The molecule has 0 saturated carbocycles. The molecule has 4 aromatic rings. The maximum Gasteiger partial charge on any atom is 0.408 e. The van der Waals surface area contributed by atoms with Gasteiger partial charge in [0.15, 0.2) is 0 Å². The van der Waals surface area contributed by atoms with Crippen molar-refractivity contribution in [2.45, 2.75) is 56.9 Å². The standard InChI is InChI=1S/C30H35N3O7S/c1-19(2)15-25(32-30(36)39-18-21-9-5-4-6-10-21)29(35)31-17-26(34)20(3)33-41(37,38)22-13-14-28-24(16-22)23-11-7-8-12-27(23)40-28/h4-14,16,19-20,25-26,33-34H,15,17-18H2,1-3H3,(H,31,35)(H,32,36)/t20?,25-,26-/m0/s1. The molecular weight excluding hydrogens is 546 g/mol. The monoisotopic (exact) mass is 581 g/mol. The fraction of sp³-hybridized carbons (Fsp3) is 0.333. The van der Waals surface area contributed by atoms with Crippen molar-refractivity contribution in [3.05, 3.63) is 78.4 Å². The number of furan rings is 1. The molecule has 2 amide bonds. The lowest BCUT2D eigenvalue weighted by molar-refractivity contribution is -0.124. The lowest BCUT2D eigenvalue weighted by atomic mass is 10.0. The summed E-state index contributed by atoms with van der Waals surface area (Å²) in [5.41, 5.74) is 2.03. The van der Waals surface area contributed by atoms with Crippen molar-refractivity contribution in [1.29, 1.82) is 0 Å². The number of rotatable bonds is 12. The minimum Gasteiger partial charge on any atom is -0.456 e. The number of para-hydroxylation sites is 1. The fourth-order valence-corrected chi connectivity index (χ4v) is 5.68. The fourth-order valence-electron chi connectivity index (χ4n) is 4.38. The minimum absolute atomic E-state index is 0.0230. The SMILES string of the molecule is CC(C)C[C@H](NC(=O)OCc1ccccc1)C(=O)NC[C@H](O)C(C)NS(=O)(=O)c1ccc2oc3ccccc3c2c1. The first-order valence-corrected chi connectivity index (χ1v) is 14.9. The van der Waals surface area contributed by atoms with E-state index in [2.05, 4.69) is 15.4 Å². The van der Waals surface area contributed by atoms with Crippen LogP contribution in [0.25, 0.3) is 21.9 Å². The van der Waals surface area contributed by atoms with Gasteiger partial charge < -0.3 is 24.9 Å². The molecule has 4 N–H and O–H groups in total. The highest BCUT2D eigenvalue weighted by atomic mass is 32.2. The van der Waals surface area contributed by atoms with Crippen LogP contribution in [0, 0.1) is 5.92 Å². The van der Waals surface area contributed by atoms with E-state index in [0.29, 0.717) is 23.0 Å². The summed E-state index contributed by atoms with van der Waals surface area (Å²) in [4.78, 5) is 25.3. The molecule has 0 aliphatic rings. The molecule has 3 atom stereocenters. The van der Waals surface area contributed by atoms with Gasteiger partial charge in [-0.2, -0.15) is 0 Å². The maximum atomic E-state index is 13.1. The number of sulfonamides is 1. The second kappa shape index (κ2) is 13.2. The molecule has 0 spiro atoms. The number of carbonyl (C=O) groups is 2. The highest BCUT2D eigenvalue weighted by molar-refractivity contribution is 7.89. The zero-order valence-corrected chi connectivity index (χ0v) is 24.0. The summed E-state index contributed by atoms with van der Waals surface area (Å²) in [5.74, 6) is -0.428. The van der Waals surface area contributed by atoms with Crippen molar-refractivity contribution in [2.75, 3.05) is 6.54 Å². The average molecular weight is 582 g/mol. The highest BCUT2D eigenvalue weighted by Crippen LogP contribution is 2.30. The highest BCUT2D eigenvalue weighted by Gasteiger charge is 2.26. The Hall–Kier alpha value is -3.93. The summed E-state index contributed by atoms with van der Waals surface area (Å²) >= 11 is 0. The molecule has 10 nitrogen and oxygen atoms in total. The number of fused-ring (bicyclic) bond motifs is 3. The van der Waals surface area contributed by atoms with Gasteiger partial charge in [0.05, 0.1) is 11.0 Å². The maximum absolute atomic E-state index is 13.1. The molecule has 0 fully saturated rings. The Kier molecular flexibility index (Phi) is 9.64. The third-order valence-electron chi connectivity index (χ3n) is 6.59. The molecule has 0 radical (unpaired) electrons. The van der Waals surface area contributed by atoms with Gasteiger partial charge in [0.2, 0.25) is 15.9 Å². The second-order valence-corrected chi connectivity index (χ2v) is 12.1. The van der Waals surface area contributed by atoms with E-state index in [1.807, 2.05) is 68.4 Å². The van der Waals surface area contributed by atoms with Crippen molar-refractivity contribution in [3.63, 3.8) is 0 Å². The number of alkyl carbamates (subject to hydrolysis) is 1. The molecule has 1 heterocycles. The topological polar surface area (TPSA) is 147 Å². The summed E-state index contributed by atoms with van der Waals surface area (Å²) in [5, 5.41) is 17.3. The average Bonchev–Trinajstić information content (AvgIpc) is 3.32. The number of amides is 2. The third kappa shape index (κ3) is 7.84. The zero-order valence-electron chi connectivity index (χ0n) is 23.2. The predicted molar refractivity (Wildman–Crippen MR) is 156 cm³/mol. The van der Waals surface area contributed by atoms with Gasteiger partial charge in [0, 0.05) is 23.4 Å². The molecule has 0 saturated heterocycles. The number of aliphatic hydroxyl groups excluding tert-OH is 1. The zero-order chi connectivity index (χ0) is 29.6. The number of hydrogen-bond acceptors (Lipinski definition) is 7. The number of nitrogens with one attached hydrogen (secondary N) is 3. The van der Waals surface area contributed by atoms with Crippen LogP contribution in [0.1, 0.15) is 32.8 Å². The van der Waals surface area contributed by atoms with Crippen LogP contribution in [0.5, 0.6) is 0 Å². The lowest BCUT2D eigenvalue weighted by Gasteiger charge is -2.23. The molecule has 0 aliphatic heterocycles. The quantitative estimate of drug-likeness (QED) is 0.197. The number of ether oxygens (including phenoxy) is 1. The summed E-state index contributed by atoms with van der Waals surface area (Å²) < 4.78 is 39.7. The van der Waals surface area contributed by atoms with E-state index in [-0.39, 0.29) is 24.0 Å². The smallest absolute Gasteiger partial charge is 0.408 e. The Morgan fingerprint density at radius 1 is 0.927 bits per heavy atom. The van der Waals surface area contributed by atoms with Gasteiger partial charge in [0.1, 0.15) is 23.8 Å². The predicted octanol–water partition coefficient (Wildman–Crippen LogP) is 4.07. The van der Waals surface area contributed by atoms with E-state index in [0.717, 1.165) is 10.9 Å². The van der Waals surface area contributed by atoms with E-state index >= 15 is 0 Å². The lowest BCUT2D eigenvalue weighted by Crippen LogP contribution is -2.51. The van der Waals surface area contributed by atoms with Crippen LogP contribution < -0.4 is 15.4 Å². The largest absolute Gasteiger partial charge is 0.456 e. The summed E-state index contributed by atoms with van der Waals surface area (Å²) in [6.45, 7) is 5.15. The van der Waals surface area contributed by atoms with Gasteiger partial charge >= 0.3 is 6.09 Å². The normalized spacial score (nSPS) is 14.1. The molecule has 41 heavy (non-hydrogen) atoms. The van der Waals surface area contributed by atoms with Crippen molar-refractivity contribution < 1.29 is 32.3 Å². The van der Waals surface area contributed by atoms with Gasteiger partial charge in [-0.05, 0) is 49.1 Å². The van der Waals surface area contributed by atoms with Gasteiger partial charge in [-0.3, -0.25) is 4.79 Å². The van der Waals surface area contributed by atoms with Gasteiger partial charge in [-0.15, -0.1) is 0 Å². The molecule has 3 aromatic carbocycles. The van der Waals surface area contributed by atoms with Crippen LogP contribution in [-0.2, 0) is 26.2 Å². The number of benzene rings is 3. The first kappa shape index (κ1) is 30.0. The molecule has 4 rings (SSSR count). The number of aliphatic hydroxyl groups is 1. The van der Waals surface area contributed by atoms with Crippen molar-refractivity contribution in [2.24, 2.45) is 5.92 Å². The second-order valence-electron chi connectivity index (χ2n) is 10.4. The minimum atomic E-state index is -4.00. The van der Waals surface area contributed by atoms with E-state index in [1.54, 1.807) is 6.07 Å². The molecule has 0 bridgehead atoms. The molecular formula is C30H35N3O7S. The van der Waals surface area contributed by atoms with Crippen LogP contribution in [0.2, 0.25) is 0 Å². The van der Waals surface area contributed by atoms with Crippen LogP contribution >= 0.6 is 0 Å². The van der Waals surface area contributed by atoms with E-state index in [9.17, 15) is 23.1 Å². The Morgan fingerprint density at radius 3 is 2.34 bits per heavy atom. The van der Waals surface area contributed by atoms with E-state index < -0.39 is 40.2 Å². The Morgan fingerprint density at radius 2 is 1.61 bits per heavy atom. The van der Waals surface area contributed by atoms with Crippen molar-refractivity contribution in [1.82, 2.24) is 15.4 Å². The van der Waals surface area contributed by atoms with Crippen molar-refractivity contribution in [3.8, 4) is 0 Å². The van der Waals surface area contributed by atoms with E-state index in [1.165, 1.54) is 19.1 Å². The Balaban J connectivity index is 1.33. The Labute approximate surface area is 239 Å². The van der Waals surface area contributed by atoms with Gasteiger partial charge in [-0.1, -0.05) is 62.4 Å². The Bertz CT molecular complexity index is 1600. The summed E-state index contributed by atoms with van der Waals surface area (Å²) in [6, 6.07) is 19.2. The number of hydrogen-bond donors (Lipinski definition) is 4. The molecule has 1 unspecified atom stereocenters. The van der Waals surface area contributed by atoms with Crippen LogP contribution in [0.15, 0.2) is 82.1 Å². The summed E-state index contributed by atoms with van der Waals surface area (Å²) in [6.07, 6.45) is -1.63.